The van der Waals surface area contributed by atoms with E-state index in [2.05, 4.69) is 5.10 Å². The molecule has 4 rings (SSSR count). The summed E-state index contributed by atoms with van der Waals surface area (Å²) in [5.41, 5.74) is 1.04. The third-order valence-corrected chi connectivity index (χ3v) is 6.10. The highest BCUT2D eigenvalue weighted by Gasteiger charge is 2.52. The van der Waals surface area contributed by atoms with Crippen molar-refractivity contribution in [3.05, 3.63) is 23.4 Å². The van der Waals surface area contributed by atoms with Crippen molar-refractivity contribution in [3.8, 4) is 0 Å². The molecular weight excluding hydrogens is 338 g/mol. The molecule has 5 nitrogen and oxygen atoms in total. The number of hydrogen-bond acceptors (Lipinski definition) is 4. The second-order valence-electron chi connectivity index (χ2n) is 7.90. The molecule has 134 valence electrons. The third-order valence-electron chi connectivity index (χ3n) is 5.68. The molecule has 1 aromatic heterocycles. The van der Waals surface area contributed by atoms with Crippen LogP contribution in [0.15, 0.2) is 18.3 Å². The Balaban J connectivity index is 1.70. The molecule has 1 unspecified atom stereocenters. The van der Waals surface area contributed by atoms with Crippen LogP contribution in [0.5, 0.6) is 0 Å². The van der Waals surface area contributed by atoms with Crippen LogP contribution in [-0.2, 0) is 14.0 Å². The molecule has 0 amide bonds. The molecule has 2 fully saturated rings. The minimum Gasteiger partial charge on any atom is -0.399 e. The van der Waals surface area contributed by atoms with Crippen LogP contribution >= 0.6 is 11.6 Å². The molecule has 3 heterocycles. The largest absolute Gasteiger partial charge is 0.496 e. The Morgan fingerprint density at radius 1 is 1.16 bits per heavy atom. The zero-order valence-corrected chi connectivity index (χ0v) is 16.0. The van der Waals surface area contributed by atoms with Crippen LogP contribution in [0.3, 0.4) is 0 Å². The molecule has 0 spiro atoms. The van der Waals surface area contributed by atoms with Crippen molar-refractivity contribution < 1.29 is 14.0 Å². The molecule has 1 aromatic carbocycles. The summed E-state index contributed by atoms with van der Waals surface area (Å²) in [7, 11) is -0.476. The highest BCUT2D eigenvalue weighted by Crippen LogP contribution is 2.38. The van der Waals surface area contributed by atoms with Crippen molar-refractivity contribution >= 4 is 35.1 Å². The predicted molar refractivity (Wildman–Crippen MR) is 99.3 cm³/mol. The molecule has 25 heavy (non-hydrogen) atoms. The van der Waals surface area contributed by atoms with Crippen LogP contribution in [0.2, 0.25) is 5.02 Å². The van der Waals surface area contributed by atoms with Gasteiger partial charge in [-0.05, 0) is 53.0 Å². The first kappa shape index (κ1) is 17.3. The van der Waals surface area contributed by atoms with Gasteiger partial charge in [0.05, 0.1) is 27.9 Å². The number of rotatable bonds is 2. The number of halogens is 1. The van der Waals surface area contributed by atoms with Gasteiger partial charge in [0.2, 0.25) is 0 Å². The Labute approximate surface area is 153 Å². The van der Waals surface area contributed by atoms with E-state index in [-0.39, 0.29) is 6.23 Å². The van der Waals surface area contributed by atoms with Gasteiger partial charge in [-0.3, -0.25) is 0 Å². The Kier molecular flexibility index (Phi) is 4.15. The zero-order chi connectivity index (χ0) is 17.8. The van der Waals surface area contributed by atoms with Gasteiger partial charge in [-0.1, -0.05) is 17.7 Å². The fourth-order valence-electron chi connectivity index (χ4n) is 3.40. The smallest absolute Gasteiger partial charge is 0.399 e. The van der Waals surface area contributed by atoms with Gasteiger partial charge in [0.25, 0.3) is 0 Å². The standard InChI is InChI=1S/C18H24BClN2O3/c1-17(2)18(3,4)25-19(24-17)13-8-9-14-12(16(13)20)11-21-22(14)15-7-5-6-10-23-15/h8-9,11,15H,5-7,10H2,1-4H3. The first-order valence-electron chi connectivity index (χ1n) is 8.93. The highest BCUT2D eigenvalue weighted by atomic mass is 35.5. The fourth-order valence-corrected chi connectivity index (χ4v) is 3.70. The molecule has 0 N–H and O–H groups in total. The van der Waals surface area contributed by atoms with E-state index in [4.69, 9.17) is 25.6 Å². The van der Waals surface area contributed by atoms with E-state index in [1.165, 1.54) is 0 Å². The second-order valence-corrected chi connectivity index (χ2v) is 8.28. The summed E-state index contributed by atoms with van der Waals surface area (Å²) in [4.78, 5) is 0. The Hall–Kier alpha value is -1.08. The van der Waals surface area contributed by atoms with Crippen LogP contribution in [0.1, 0.15) is 53.2 Å². The first-order valence-corrected chi connectivity index (χ1v) is 9.31. The van der Waals surface area contributed by atoms with Gasteiger partial charge in [-0.15, -0.1) is 0 Å². The molecule has 2 saturated heterocycles. The summed E-state index contributed by atoms with van der Waals surface area (Å²) in [5.74, 6) is 0. The Morgan fingerprint density at radius 3 is 2.52 bits per heavy atom. The summed E-state index contributed by atoms with van der Waals surface area (Å²) in [5, 5.41) is 6.07. The van der Waals surface area contributed by atoms with Crippen LogP contribution < -0.4 is 5.46 Å². The van der Waals surface area contributed by atoms with E-state index in [1.807, 2.05) is 50.7 Å². The maximum absolute atomic E-state index is 6.71. The number of nitrogens with zero attached hydrogens (tertiary/aromatic N) is 2. The van der Waals surface area contributed by atoms with Gasteiger partial charge in [0.15, 0.2) is 6.23 Å². The normalized spacial score (nSPS) is 25.6. The molecule has 0 bridgehead atoms. The van der Waals surface area contributed by atoms with Gasteiger partial charge in [0, 0.05) is 17.5 Å². The number of fused-ring (bicyclic) bond motifs is 1. The van der Waals surface area contributed by atoms with Crippen molar-refractivity contribution in [1.82, 2.24) is 9.78 Å². The summed E-state index contributed by atoms with van der Waals surface area (Å²) >= 11 is 6.71. The maximum Gasteiger partial charge on any atom is 0.496 e. The molecule has 0 saturated carbocycles. The third kappa shape index (κ3) is 2.80. The number of ether oxygens (including phenoxy) is 1. The fraction of sp³-hybridized carbons (Fsp3) is 0.611. The number of hydrogen-bond donors (Lipinski definition) is 0. The van der Waals surface area contributed by atoms with E-state index in [1.54, 1.807) is 0 Å². The minimum atomic E-state index is -0.476. The monoisotopic (exact) mass is 362 g/mol. The van der Waals surface area contributed by atoms with Crippen LogP contribution in [0.4, 0.5) is 0 Å². The van der Waals surface area contributed by atoms with Crippen LogP contribution in [0.25, 0.3) is 10.9 Å². The lowest BCUT2D eigenvalue weighted by atomic mass is 9.78. The summed E-state index contributed by atoms with van der Waals surface area (Å²) in [6.07, 6.45) is 5.05. The van der Waals surface area contributed by atoms with Crippen molar-refractivity contribution in [3.63, 3.8) is 0 Å². The van der Waals surface area contributed by atoms with E-state index < -0.39 is 18.3 Å². The van der Waals surface area contributed by atoms with Crippen molar-refractivity contribution in [1.29, 1.82) is 0 Å². The van der Waals surface area contributed by atoms with Crippen LogP contribution in [-0.4, -0.2) is 34.7 Å². The minimum absolute atomic E-state index is 0.00925. The van der Waals surface area contributed by atoms with Crippen molar-refractivity contribution in [2.75, 3.05) is 6.61 Å². The lowest BCUT2D eigenvalue weighted by molar-refractivity contribution is -0.0366. The highest BCUT2D eigenvalue weighted by molar-refractivity contribution is 6.66. The molecule has 1 atom stereocenters. The molecular formula is C18H24BClN2O3. The summed E-state index contributed by atoms with van der Waals surface area (Å²) in [6, 6.07) is 4.01. The molecule has 7 heteroatoms. The van der Waals surface area contributed by atoms with Gasteiger partial charge in [-0.25, -0.2) is 4.68 Å². The zero-order valence-electron chi connectivity index (χ0n) is 15.2. The van der Waals surface area contributed by atoms with Gasteiger partial charge < -0.3 is 14.0 Å². The molecule has 2 aliphatic heterocycles. The average molecular weight is 363 g/mol. The van der Waals surface area contributed by atoms with E-state index in [0.717, 1.165) is 42.2 Å². The van der Waals surface area contributed by atoms with Crippen molar-refractivity contribution in [2.24, 2.45) is 0 Å². The predicted octanol–water partition coefficient (Wildman–Crippen LogP) is 3.69. The molecule has 2 aromatic rings. The lowest BCUT2D eigenvalue weighted by Crippen LogP contribution is -2.41. The summed E-state index contributed by atoms with van der Waals surface area (Å²) < 4.78 is 20.1. The van der Waals surface area contributed by atoms with Gasteiger partial charge in [0.1, 0.15) is 0 Å². The number of benzene rings is 1. The van der Waals surface area contributed by atoms with Gasteiger partial charge >= 0.3 is 7.12 Å². The van der Waals surface area contributed by atoms with Gasteiger partial charge in [-0.2, -0.15) is 5.10 Å². The Morgan fingerprint density at radius 2 is 1.88 bits per heavy atom. The molecule has 0 radical (unpaired) electrons. The van der Waals surface area contributed by atoms with E-state index >= 15 is 0 Å². The maximum atomic E-state index is 6.71. The second kappa shape index (κ2) is 5.98. The van der Waals surface area contributed by atoms with E-state index in [9.17, 15) is 0 Å². The van der Waals surface area contributed by atoms with Crippen LogP contribution in [0, 0.1) is 0 Å². The Bertz CT molecular complexity index is 783. The van der Waals surface area contributed by atoms with Crippen molar-refractivity contribution in [2.45, 2.75) is 64.4 Å². The summed E-state index contributed by atoms with van der Waals surface area (Å²) in [6.45, 7) is 8.94. The number of aromatic nitrogens is 2. The molecule has 2 aliphatic rings. The lowest BCUT2D eigenvalue weighted by Gasteiger charge is -2.32. The first-order chi connectivity index (χ1) is 11.8. The average Bonchev–Trinajstić information content (AvgIpc) is 3.08. The quantitative estimate of drug-likeness (QED) is 0.764. The van der Waals surface area contributed by atoms with E-state index in [0.29, 0.717) is 5.02 Å². The SMILES string of the molecule is CC1(C)OB(c2ccc3c(cnn3C3CCCCO3)c2Cl)OC1(C)C. The molecule has 0 aliphatic carbocycles. The topological polar surface area (TPSA) is 45.5 Å².